The van der Waals surface area contributed by atoms with Crippen LogP contribution in [0.5, 0.6) is 17.2 Å². The van der Waals surface area contributed by atoms with Gasteiger partial charge < -0.3 is 29.7 Å². The zero-order valence-corrected chi connectivity index (χ0v) is 26.5. The number of nitrogens with one attached hydrogen (secondary N) is 2. The molecule has 2 aliphatic rings. The molecule has 2 aliphatic heterocycles. The summed E-state index contributed by atoms with van der Waals surface area (Å²) in [5, 5.41) is 11.8. The van der Waals surface area contributed by atoms with Gasteiger partial charge in [-0.05, 0) is 69.4 Å². The number of likely N-dealkylation sites (tertiary alicyclic amines) is 1. The van der Waals surface area contributed by atoms with Gasteiger partial charge in [0.1, 0.15) is 11.8 Å². The topological polar surface area (TPSA) is 120 Å². The predicted molar refractivity (Wildman–Crippen MR) is 171 cm³/mol. The van der Waals surface area contributed by atoms with Crippen LogP contribution < -0.4 is 24.8 Å². The Balaban J connectivity index is 1.47. The Morgan fingerprint density at radius 1 is 1.05 bits per heavy atom. The highest BCUT2D eigenvalue weighted by atomic mass is 32.2. The molecule has 5 rings (SSSR count). The number of fused-ring (bicyclic) bond motifs is 1. The van der Waals surface area contributed by atoms with Crippen molar-refractivity contribution in [3.05, 3.63) is 59.3 Å². The highest BCUT2D eigenvalue weighted by Crippen LogP contribution is 2.40. The van der Waals surface area contributed by atoms with Crippen LogP contribution in [0.4, 0.5) is 11.6 Å². The first-order valence-electron chi connectivity index (χ1n) is 15.1. The lowest BCUT2D eigenvalue weighted by Crippen LogP contribution is -2.38. The highest BCUT2D eigenvalue weighted by Gasteiger charge is 2.35. The maximum absolute atomic E-state index is 14.0. The summed E-state index contributed by atoms with van der Waals surface area (Å²) in [6.07, 6.45) is 4.16. The van der Waals surface area contributed by atoms with Gasteiger partial charge in [0, 0.05) is 24.5 Å². The first-order chi connectivity index (χ1) is 21.4. The van der Waals surface area contributed by atoms with E-state index in [2.05, 4.69) is 17.6 Å². The number of carbonyl (C=O) groups excluding carboxylic acids is 2. The Morgan fingerprint density at radius 2 is 1.84 bits per heavy atom. The maximum Gasteiger partial charge on any atom is 0.260 e. The zero-order chi connectivity index (χ0) is 31.1. The van der Waals surface area contributed by atoms with Gasteiger partial charge in [0.2, 0.25) is 11.1 Å². The second-order valence-corrected chi connectivity index (χ2v) is 11.7. The van der Waals surface area contributed by atoms with Crippen molar-refractivity contribution in [3.63, 3.8) is 0 Å². The lowest BCUT2D eigenvalue weighted by atomic mass is 9.94. The molecule has 3 heterocycles. The van der Waals surface area contributed by atoms with Crippen molar-refractivity contribution in [2.45, 2.75) is 57.7 Å². The van der Waals surface area contributed by atoms with Crippen molar-refractivity contribution in [2.24, 2.45) is 0 Å². The normalized spacial score (nSPS) is 16.2. The summed E-state index contributed by atoms with van der Waals surface area (Å²) in [5.41, 5.74) is 2.44. The van der Waals surface area contributed by atoms with Gasteiger partial charge in [0.15, 0.2) is 18.1 Å². The van der Waals surface area contributed by atoms with E-state index in [1.165, 1.54) is 0 Å². The Morgan fingerprint density at radius 3 is 2.59 bits per heavy atom. The molecule has 11 nitrogen and oxygen atoms in total. The summed E-state index contributed by atoms with van der Waals surface area (Å²) < 4.78 is 19.1. The maximum atomic E-state index is 14.0. The van der Waals surface area contributed by atoms with Crippen LogP contribution in [0.25, 0.3) is 0 Å². The summed E-state index contributed by atoms with van der Waals surface area (Å²) in [5.74, 6) is 2.57. The lowest BCUT2D eigenvalue weighted by molar-refractivity contribution is -0.134. The number of methoxy groups -OCH3 is 1. The number of thioether (sulfide) groups is 1. The zero-order valence-electron chi connectivity index (χ0n) is 25.7. The monoisotopic (exact) mass is 620 g/mol. The van der Waals surface area contributed by atoms with Crippen molar-refractivity contribution in [3.8, 4) is 17.2 Å². The number of aromatic nitrogens is 3. The summed E-state index contributed by atoms with van der Waals surface area (Å²) >= 11 is 1.56. The minimum Gasteiger partial charge on any atom is -0.493 e. The van der Waals surface area contributed by atoms with Crippen LogP contribution in [-0.4, -0.2) is 70.6 Å². The molecular formula is C32H40N6O5S. The number of hydrogen-bond donors (Lipinski definition) is 2. The quantitative estimate of drug-likeness (QED) is 0.253. The van der Waals surface area contributed by atoms with E-state index < -0.39 is 6.04 Å². The van der Waals surface area contributed by atoms with E-state index >= 15 is 0 Å². The molecule has 1 saturated heterocycles. The second-order valence-electron chi connectivity index (χ2n) is 10.6. The fourth-order valence-corrected chi connectivity index (χ4v) is 6.06. The van der Waals surface area contributed by atoms with Gasteiger partial charge in [-0.1, -0.05) is 36.9 Å². The van der Waals surface area contributed by atoms with Gasteiger partial charge in [-0.15, -0.1) is 5.10 Å². The van der Waals surface area contributed by atoms with Gasteiger partial charge in [-0.3, -0.25) is 9.59 Å². The number of carbonyl (C=O) groups is 2. The van der Waals surface area contributed by atoms with Gasteiger partial charge >= 0.3 is 0 Å². The van der Waals surface area contributed by atoms with E-state index in [1.54, 1.807) is 29.6 Å². The molecule has 1 aromatic heterocycles. The molecule has 234 valence electrons. The van der Waals surface area contributed by atoms with Crippen LogP contribution in [0.1, 0.15) is 58.1 Å². The molecule has 0 spiro atoms. The number of hydrogen-bond acceptors (Lipinski definition) is 9. The van der Waals surface area contributed by atoms with Crippen LogP contribution >= 0.6 is 11.8 Å². The third kappa shape index (κ3) is 6.96. The molecule has 0 saturated carbocycles. The Labute approximate surface area is 262 Å². The van der Waals surface area contributed by atoms with Crippen molar-refractivity contribution in [1.82, 2.24) is 19.7 Å². The molecule has 0 bridgehead atoms. The molecule has 2 amide bonds. The average molecular weight is 621 g/mol. The summed E-state index contributed by atoms with van der Waals surface area (Å²) in [6, 6.07) is 12.2. The number of para-hydroxylation sites is 2. The predicted octanol–water partition coefficient (Wildman–Crippen LogP) is 5.51. The lowest BCUT2D eigenvalue weighted by Gasteiger charge is -2.29. The number of anilines is 2. The van der Waals surface area contributed by atoms with Crippen LogP contribution in [0, 0.1) is 0 Å². The van der Waals surface area contributed by atoms with Gasteiger partial charge in [0.25, 0.3) is 11.8 Å². The molecule has 3 aromatic rings. The number of allylic oxidation sites excluding steroid dienone is 1. The highest BCUT2D eigenvalue weighted by molar-refractivity contribution is 7.99. The van der Waals surface area contributed by atoms with Gasteiger partial charge in [0.05, 0.1) is 25.0 Å². The molecule has 2 aromatic carbocycles. The van der Waals surface area contributed by atoms with Crippen LogP contribution in [0.3, 0.4) is 0 Å². The minimum atomic E-state index is -0.619. The minimum absolute atomic E-state index is 0.0385. The van der Waals surface area contributed by atoms with E-state index in [0.717, 1.165) is 50.1 Å². The first kappa shape index (κ1) is 31.2. The Hall–Kier alpha value is -4.19. The fourth-order valence-electron chi connectivity index (χ4n) is 5.38. The Kier molecular flexibility index (Phi) is 10.3. The Bertz CT molecular complexity index is 1520. The molecule has 0 radical (unpaired) electrons. The third-order valence-corrected chi connectivity index (χ3v) is 8.56. The number of nitrogens with zero attached hydrogens (tertiary/aromatic N) is 4. The standard InChI is InChI=1S/C32H40N6O5S/c1-5-18-44-32-35-31-33-21(3)28(30(40)34-23-12-8-9-13-24(23)42-6-2)29(38(31)36-32)22-14-15-25(26(19-22)41-4)43-20-27(39)37-16-10-7-11-17-37/h8-9,12-15,19,29H,5-7,10-11,16-18,20H2,1-4H3,(H,34,40)(H,33,35,36). The number of amides is 2. The molecule has 1 atom stereocenters. The van der Waals surface area contributed by atoms with E-state index in [9.17, 15) is 9.59 Å². The molecule has 12 heteroatoms. The largest absolute Gasteiger partial charge is 0.493 e. The summed E-state index contributed by atoms with van der Waals surface area (Å²) in [7, 11) is 1.56. The number of benzene rings is 2. The fraction of sp³-hybridized carbons (Fsp3) is 0.438. The van der Waals surface area contributed by atoms with Crippen LogP contribution in [0.15, 0.2) is 58.9 Å². The van der Waals surface area contributed by atoms with Gasteiger partial charge in [-0.2, -0.15) is 4.98 Å². The van der Waals surface area contributed by atoms with E-state index in [-0.39, 0.29) is 18.4 Å². The average Bonchev–Trinajstić information content (AvgIpc) is 3.45. The van der Waals surface area contributed by atoms with Gasteiger partial charge in [-0.25, -0.2) is 4.68 Å². The smallest absolute Gasteiger partial charge is 0.260 e. The number of ether oxygens (including phenoxy) is 3. The molecule has 1 fully saturated rings. The number of rotatable bonds is 12. The molecule has 1 unspecified atom stereocenters. The summed E-state index contributed by atoms with van der Waals surface area (Å²) in [4.78, 5) is 33.3. The van der Waals surface area contributed by atoms with Crippen molar-refractivity contribution >= 4 is 35.2 Å². The summed E-state index contributed by atoms with van der Waals surface area (Å²) in [6.45, 7) is 7.79. The third-order valence-electron chi connectivity index (χ3n) is 7.51. The molecule has 44 heavy (non-hydrogen) atoms. The SMILES string of the molecule is CCCSc1nc2n(n1)C(c1ccc(OCC(=O)N3CCCCC3)c(OC)c1)C(C(=O)Nc1ccccc1OCC)=C(C)N2. The first-order valence-corrected chi connectivity index (χ1v) is 16.1. The van der Waals surface area contributed by atoms with E-state index in [0.29, 0.717) is 51.9 Å². The molecule has 2 N–H and O–H groups in total. The van der Waals surface area contributed by atoms with Crippen LogP contribution in [-0.2, 0) is 9.59 Å². The van der Waals surface area contributed by atoms with E-state index in [1.807, 2.05) is 55.1 Å². The van der Waals surface area contributed by atoms with Crippen molar-refractivity contribution in [1.29, 1.82) is 0 Å². The molecular weight excluding hydrogens is 580 g/mol. The van der Waals surface area contributed by atoms with Crippen molar-refractivity contribution in [2.75, 3.05) is 49.8 Å². The molecule has 0 aliphatic carbocycles. The van der Waals surface area contributed by atoms with E-state index in [4.69, 9.17) is 24.3 Å². The van der Waals surface area contributed by atoms with Crippen LogP contribution in [0.2, 0.25) is 0 Å². The number of piperidine rings is 1. The second kappa shape index (κ2) is 14.5. The van der Waals surface area contributed by atoms with Crippen molar-refractivity contribution < 1.29 is 23.8 Å².